The fraction of sp³-hybridized carbons (Fsp3) is 0. The van der Waals surface area contributed by atoms with Gasteiger partial charge in [-0.05, 0) is 68.1 Å². The summed E-state index contributed by atoms with van der Waals surface area (Å²) in [7, 11) is 0. The number of para-hydroxylation sites is 3. The van der Waals surface area contributed by atoms with Crippen molar-refractivity contribution in [2.24, 2.45) is 0 Å². The van der Waals surface area contributed by atoms with E-state index >= 15 is 0 Å². The fourth-order valence-corrected chi connectivity index (χ4v) is 6.17. The Morgan fingerprint density at radius 3 is 1.46 bits per heavy atom. The number of fused-ring (bicyclic) bond motifs is 3. The minimum atomic E-state index is 0.954. The maximum absolute atomic E-state index is 5.27. The lowest BCUT2D eigenvalue weighted by Gasteiger charge is -2.18. The molecule has 0 bridgehead atoms. The molecule has 0 atom stereocenters. The van der Waals surface area contributed by atoms with Crippen LogP contribution < -0.4 is 0 Å². The fourth-order valence-electron chi connectivity index (χ4n) is 6.17. The second kappa shape index (κ2) is 9.62. The van der Waals surface area contributed by atoms with Gasteiger partial charge in [-0.3, -0.25) is 4.57 Å². The van der Waals surface area contributed by atoms with Crippen molar-refractivity contribution in [1.29, 1.82) is 0 Å². The van der Waals surface area contributed by atoms with Crippen LogP contribution in [0.2, 0.25) is 0 Å². The van der Waals surface area contributed by atoms with Gasteiger partial charge in [0, 0.05) is 11.3 Å². The first-order chi connectivity index (χ1) is 20.4. The van der Waals surface area contributed by atoms with E-state index in [1.807, 2.05) is 0 Å². The molecule has 1 aromatic heterocycles. The lowest BCUT2D eigenvalue weighted by atomic mass is 9.87. The summed E-state index contributed by atoms with van der Waals surface area (Å²) >= 11 is 0. The highest BCUT2D eigenvalue weighted by Gasteiger charge is 2.21. The summed E-state index contributed by atoms with van der Waals surface area (Å²) in [6.45, 7) is 0. The van der Waals surface area contributed by atoms with Crippen LogP contribution in [0, 0.1) is 0 Å². The van der Waals surface area contributed by atoms with Gasteiger partial charge in [0.05, 0.1) is 11.0 Å². The van der Waals surface area contributed by atoms with Gasteiger partial charge in [0.15, 0.2) is 0 Å². The Bertz CT molecular complexity index is 2120. The van der Waals surface area contributed by atoms with Gasteiger partial charge in [0.25, 0.3) is 0 Å². The molecule has 0 radical (unpaired) electrons. The maximum Gasteiger partial charge on any atom is 0.146 e. The molecular weight excluding hydrogens is 496 g/mol. The zero-order valence-electron chi connectivity index (χ0n) is 22.4. The van der Waals surface area contributed by atoms with Crippen molar-refractivity contribution >= 4 is 32.6 Å². The minimum Gasteiger partial charge on any atom is -0.292 e. The van der Waals surface area contributed by atoms with Crippen molar-refractivity contribution in [3.8, 4) is 39.3 Å². The number of hydrogen-bond donors (Lipinski definition) is 0. The van der Waals surface area contributed by atoms with Crippen LogP contribution in [0.3, 0.4) is 0 Å². The third-order valence-corrected chi connectivity index (χ3v) is 8.01. The predicted molar refractivity (Wildman–Crippen MR) is 172 cm³/mol. The van der Waals surface area contributed by atoms with Crippen LogP contribution in [0.25, 0.3) is 71.9 Å². The highest BCUT2D eigenvalue weighted by atomic mass is 15.1. The van der Waals surface area contributed by atoms with Crippen molar-refractivity contribution in [1.82, 2.24) is 9.55 Å². The van der Waals surface area contributed by atoms with E-state index < -0.39 is 0 Å². The molecule has 0 aliphatic carbocycles. The Balaban J connectivity index is 1.44. The molecule has 0 saturated carbocycles. The molecule has 0 N–H and O–H groups in total. The van der Waals surface area contributed by atoms with Crippen LogP contribution in [0.4, 0.5) is 0 Å². The second-order valence-corrected chi connectivity index (χ2v) is 10.4. The Kier molecular flexibility index (Phi) is 5.49. The van der Waals surface area contributed by atoms with Crippen molar-refractivity contribution in [3.63, 3.8) is 0 Å². The molecule has 0 aliphatic heterocycles. The van der Waals surface area contributed by atoms with Crippen molar-refractivity contribution < 1.29 is 0 Å². The van der Waals surface area contributed by atoms with Crippen LogP contribution in [0.5, 0.6) is 0 Å². The molecule has 8 aromatic rings. The molecule has 7 aromatic carbocycles. The molecule has 0 fully saturated rings. The van der Waals surface area contributed by atoms with E-state index in [2.05, 4.69) is 162 Å². The van der Waals surface area contributed by atoms with Gasteiger partial charge in [-0.25, -0.2) is 4.98 Å². The van der Waals surface area contributed by atoms with E-state index in [1.165, 1.54) is 43.8 Å². The molecule has 192 valence electrons. The van der Waals surface area contributed by atoms with Gasteiger partial charge < -0.3 is 0 Å². The molecular formula is C39H26N2. The van der Waals surface area contributed by atoms with Crippen LogP contribution in [-0.2, 0) is 0 Å². The third kappa shape index (κ3) is 3.84. The molecule has 0 spiro atoms. The Labute approximate surface area is 238 Å². The third-order valence-electron chi connectivity index (χ3n) is 8.01. The molecule has 1 heterocycles. The second-order valence-electron chi connectivity index (χ2n) is 10.4. The van der Waals surface area contributed by atoms with E-state index in [0.717, 1.165) is 28.1 Å². The largest absolute Gasteiger partial charge is 0.292 e. The standard InChI is InChI=1S/C39H26N2/c1-3-13-27(14-4-1)28-23-25-29(26-24-28)37-31-17-7-9-19-33(31)38(34-20-10-8-18-32(34)37)39-40-35-21-11-12-22-36(35)41(39)30-15-5-2-6-16-30/h1-26H. The summed E-state index contributed by atoms with van der Waals surface area (Å²) in [4.78, 5) is 5.27. The first kappa shape index (κ1) is 23.4. The summed E-state index contributed by atoms with van der Waals surface area (Å²) in [6.07, 6.45) is 0. The SMILES string of the molecule is c1ccc(-c2ccc(-c3c4ccccc4c(-c4nc5ccccc5n4-c4ccccc4)c4ccccc34)cc2)cc1. The molecule has 2 heteroatoms. The number of aromatic nitrogens is 2. The van der Waals surface area contributed by atoms with Crippen molar-refractivity contribution in [2.75, 3.05) is 0 Å². The van der Waals surface area contributed by atoms with Crippen LogP contribution >= 0.6 is 0 Å². The number of imidazole rings is 1. The highest BCUT2D eigenvalue weighted by molar-refractivity contribution is 6.21. The quantitative estimate of drug-likeness (QED) is 0.210. The van der Waals surface area contributed by atoms with Gasteiger partial charge in [-0.15, -0.1) is 0 Å². The normalized spacial score (nSPS) is 11.4. The average Bonchev–Trinajstić information content (AvgIpc) is 3.43. The smallest absolute Gasteiger partial charge is 0.146 e. The number of hydrogen-bond acceptors (Lipinski definition) is 1. The lowest BCUT2D eigenvalue weighted by Crippen LogP contribution is -1.99. The highest BCUT2D eigenvalue weighted by Crippen LogP contribution is 2.44. The lowest BCUT2D eigenvalue weighted by molar-refractivity contribution is 1.11. The number of nitrogens with zero attached hydrogens (tertiary/aromatic N) is 2. The van der Waals surface area contributed by atoms with Gasteiger partial charge in [-0.2, -0.15) is 0 Å². The van der Waals surface area contributed by atoms with Gasteiger partial charge in [-0.1, -0.05) is 133 Å². The topological polar surface area (TPSA) is 17.8 Å². The average molecular weight is 523 g/mol. The maximum atomic E-state index is 5.27. The molecule has 8 rings (SSSR count). The van der Waals surface area contributed by atoms with Crippen LogP contribution in [0.1, 0.15) is 0 Å². The predicted octanol–water partition coefficient (Wildman–Crippen LogP) is 10.3. The Hall–Kier alpha value is -5.47. The summed E-state index contributed by atoms with van der Waals surface area (Å²) in [5, 5.41) is 4.84. The van der Waals surface area contributed by atoms with E-state index in [9.17, 15) is 0 Å². The summed E-state index contributed by atoms with van der Waals surface area (Å²) in [5.74, 6) is 0.954. The molecule has 0 unspecified atom stereocenters. The van der Waals surface area contributed by atoms with E-state index in [-0.39, 0.29) is 0 Å². The Morgan fingerprint density at radius 2 is 0.829 bits per heavy atom. The van der Waals surface area contributed by atoms with Crippen LogP contribution in [0.15, 0.2) is 158 Å². The van der Waals surface area contributed by atoms with Gasteiger partial charge >= 0.3 is 0 Å². The van der Waals surface area contributed by atoms with Crippen molar-refractivity contribution in [3.05, 3.63) is 158 Å². The summed E-state index contributed by atoms with van der Waals surface area (Å²) in [6, 6.07) is 56.1. The molecule has 0 amide bonds. The van der Waals surface area contributed by atoms with E-state index in [4.69, 9.17) is 4.98 Å². The zero-order chi connectivity index (χ0) is 27.2. The Morgan fingerprint density at radius 1 is 0.366 bits per heavy atom. The van der Waals surface area contributed by atoms with Gasteiger partial charge in [0.2, 0.25) is 0 Å². The molecule has 41 heavy (non-hydrogen) atoms. The monoisotopic (exact) mass is 522 g/mol. The number of benzene rings is 7. The van der Waals surface area contributed by atoms with E-state index in [0.29, 0.717) is 0 Å². The van der Waals surface area contributed by atoms with Crippen molar-refractivity contribution in [2.45, 2.75) is 0 Å². The van der Waals surface area contributed by atoms with Gasteiger partial charge in [0.1, 0.15) is 5.82 Å². The first-order valence-corrected chi connectivity index (χ1v) is 14.0. The van der Waals surface area contributed by atoms with Crippen LogP contribution in [-0.4, -0.2) is 9.55 Å². The zero-order valence-corrected chi connectivity index (χ0v) is 22.4. The number of rotatable bonds is 4. The molecule has 2 nitrogen and oxygen atoms in total. The minimum absolute atomic E-state index is 0.954. The molecule has 0 saturated heterocycles. The first-order valence-electron chi connectivity index (χ1n) is 14.0. The summed E-state index contributed by atoms with van der Waals surface area (Å²) in [5.41, 5.74) is 9.25. The van der Waals surface area contributed by atoms with E-state index in [1.54, 1.807) is 0 Å². The molecule has 0 aliphatic rings. The summed E-state index contributed by atoms with van der Waals surface area (Å²) < 4.78 is 2.30.